The first-order valence-corrected chi connectivity index (χ1v) is 7.53. The number of ether oxygens (including phenoxy) is 1. The van der Waals surface area contributed by atoms with Gasteiger partial charge in [-0.05, 0) is 6.42 Å². The summed E-state index contributed by atoms with van der Waals surface area (Å²) in [5.74, 6) is 0.484. The van der Waals surface area contributed by atoms with Crippen molar-refractivity contribution in [2.75, 3.05) is 18.6 Å². The second kappa shape index (κ2) is 5.99. The Morgan fingerprint density at radius 1 is 1.50 bits per heavy atom. The summed E-state index contributed by atoms with van der Waals surface area (Å²) < 4.78 is 29.0. The second-order valence-electron chi connectivity index (χ2n) is 3.96. The first-order chi connectivity index (χ1) is 8.39. The summed E-state index contributed by atoms with van der Waals surface area (Å²) in [6.07, 6.45) is 0.507. The summed E-state index contributed by atoms with van der Waals surface area (Å²) >= 11 is 0. The van der Waals surface area contributed by atoms with Gasteiger partial charge in [-0.15, -0.1) is 0 Å². The van der Waals surface area contributed by atoms with Gasteiger partial charge in [0.1, 0.15) is 15.5 Å². The van der Waals surface area contributed by atoms with Crippen molar-refractivity contribution in [3.63, 3.8) is 0 Å². The quantitative estimate of drug-likeness (QED) is 0.688. The molecule has 0 aliphatic rings. The van der Waals surface area contributed by atoms with E-state index in [1.54, 1.807) is 20.0 Å². The molecule has 0 spiro atoms. The summed E-state index contributed by atoms with van der Waals surface area (Å²) in [6.45, 7) is 1.60. The number of carbonyl (C=O) groups excluding carboxylic acids is 1. The van der Waals surface area contributed by atoms with E-state index < -0.39 is 9.84 Å². The zero-order valence-corrected chi connectivity index (χ0v) is 11.7. The van der Waals surface area contributed by atoms with Crippen LogP contribution in [0.25, 0.3) is 0 Å². The predicted octanol–water partition coefficient (Wildman–Crippen LogP) is 0.826. The molecule has 0 bridgehead atoms. The molecule has 18 heavy (non-hydrogen) atoms. The smallest absolute Gasteiger partial charge is 0.211 e. The van der Waals surface area contributed by atoms with Crippen LogP contribution >= 0.6 is 0 Å². The van der Waals surface area contributed by atoms with E-state index >= 15 is 0 Å². The number of ketones is 1. The predicted molar refractivity (Wildman–Crippen MR) is 67.7 cm³/mol. The van der Waals surface area contributed by atoms with Crippen LogP contribution in [-0.4, -0.2) is 42.6 Å². The Kier molecular flexibility index (Phi) is 4.89. The molecule has 0 radical (unpaired) electrons. The Morgan fingerprint density at radius 2 is 2.17 bits per heavy atom. The molecule has 0 aliphatic carbocycles. The van der Waals surface area contributed by atoms with Crippen LogP contribution in [0.1, 0.15) is 30.3 Å². The van der Waals surface area contributed by atoms with E-state index in [1.807, 2.05) is 0 Å². The lowest BCUT2D eigenvalue weighted by Gasteiger charge is -1.99. The van der Waals surface area contributed by atoms with Gasteiger partial charge in [-0.25, -0.2) is 13.1 Å². The van der Waals surface area contributed by atoms with Crippen LogP contribution < -0.4 is 4.74 Å². The van der Waals surface area contributed by atoms with Gasteiger partial charge in [-0.1, -0.05) is 6.92 Å². The Hall–Kier alpha value is -1.37. The van der Waals surface area contributed by atoms with Gasteiger partial charge < -0.3 is 4.74 Å². The molecular formula is C11H18N2O4S. The fraction of sp³-hybridized carbons (Fsp3) is 0.636. The lowest BCUT2D eigenvalue weighted by Crippen LogP contribution is -2.10. The molecule has 0 N–H and O–H groups in total. The number of carbonyl (C=O) groups is 1. The van der Waals surface area contributed by atoms with Gasteiger partial charge >= 0.3 is 0 Å². The van der Waals surface area contributed by atoms with Gasteiger partial charge in [-0.3, -0.25) is 4.79 Å². The third-order valence-electron chi connectivity index (χ3n) is 2.63. The molecule has 0 aromatic carbocycles. The fourth-order valence-electron chi connectivity index (χ4n) is 1.50. The maximum absolute atomic E-state index is 11.8. The number of aromatic nitrogens is 2. The van der Waals surface area contributed by atoms with E-state index in [0.29, 0.717) is 18.0 Å². The van der Waals surface area contributed by atoms with Crippen molar-refractivity contribution in [3.8, 4) is 5.88 Å². The summed E-state index contributed by atoms with van der Waals surface area (Å²) in [5, 5.41) is 4.01. The van der Waals surface area contributed by atoms with Crippen molar-refractivity contribution >= 4 is 15.6 Å². The molecule has 102 valence electrons. The molecule has 1 heterocycles. The van der Waals surface area contributed by atoms with Crippen molar-refractivity contribution in [1.29, 1.82) is 0 Å². The number of aryl methyl sites for hydroxylation is 1. The highest BCUT2D eigenvalue weighted by molar-refractivity contribution is 7.91. The molecule has 7 heteroatoms. The third kappa shape index (κ3) is 3.83. The highest BCUT2D eigenvalue weighted by Gasteiger charge is 2.14. The molecular weight excluding hydrogens is 256 g/mol. The number of nitrogens with zero attached hydrogens (tertiary/aromatic N) is 2. The molecule has 1 rings (SSSR count). The Labute approximate surface area is 107 Å². The molecule has 0 aliphatic heterocycles. The first-order valence-electron chi connectivity index (χ1n) is 5.71. The lowest BCUT2D eigenvalue weighted by atomic mass is 10.2. The molecule has 0 unspecified atom stereocenters. The second-order valence-corrected chi connectivity index (χ2v) is 6.43. The van der Waals surface area contributed by atoms with Crippen molar-refractivity contribution in [2.45, 2.75) is 19.8 Å². The zero-order valence-electron chi connectivity index (χ0n) is 10.8. The topological polar surface area (TPSA) is 78.3 Å². The average Bonchev–Trinajstić information content (AvgIpc) is 2.70. The third-order valence-corrected chi connectivity index (χ3v) is 4.42. The van der Waals surface area contributed by atoms with Gasteiger partial charge in [0.15, 0.2) is 5.78 Å². The summed E-state index contributed by atoms with van der Waals surface area (Å²) in [7, 11) is 0.169. The number of methoxy groups -OCH3 is 1. The zero-order chi connectivity index (χ0) is 13.8. The van der Waals surface area contributed by atoms with E-state index in [0.717, 1.165) is 0 Å². The lowest BCUT2D eigenvalue weighted by molar-refractivity contribution is 0.0976. The number of rotatable bonds is 7. The van der Waals surface area contributed by atoms with Crippen LogP contribution in [0, 0.1) is 0 Å². The maximum atomic E-state index is 11.8. The van der Waals surface area contributed by atoms with E-state index in [4.69, 9.17) is 4.74 Å². The largest absolute Gasteiger partial charge is 0.481 e. The summed E-state index contributed by atoms with van der Waals surface area (Å²) in [4.78, 5) is 11.8. The van der Waals surface area contributed by atoms with Crippen LogP contribution in [0.5, 0.6) is 5.88 Å². The molecule has 6 nitrogen and oxygen atoms in total. The molecule has 0 saturated carbocycles. The van der Waals surface area contributed by atoms with E-state index in [9.17, 15) is 13.2 Å². The van der Waals surface area contributed by atoms with Gasteiger partial charge in [-0.2, -0.15) is 5.10 Å². The molecule has 1 aromatic heterocycles. The highest BCUT2D eigenvalue weighted by Crippen LogP contribution is 2.13. The van der Waals surface area contributed by atoms with Crippen LogP contribution in [0.2, 0.25) is 0 Å². The molecule has 0 saturated heterocycles. The summed E-state index contributed by atoms with van der Waals surface area (Å²) in [5.41, 5.74) is 0.309. The fourth-order valence-corrected chi connectivity index (χ4v) is 2.38. The number of hydrogen-bond acceptors (Lipinski definition) is 5. The van der Waals surface area contributed by atoms with E-state index in [2.05, 4.69) is 5.10 Å². The Balaban J connectivity index is 2.55. The van der Waals surface area contributed by atoms with Crippen molar-refractivity contribution in [1.82, 2.24) is 9.78 Å². The minimum atomic E-state index is -3.01. The van der Waals surface area contributed by atoms with Crippen molar-refractivity contribution < 1.29 is 17.9 Å². The minimum Gasteiger partial charge on any atom is -0.481 e. The molecule has 0 fully saturated rings. The van der Waals surface area contributed by atoms with Crippen molar-refractivity contribution in [2.24, 2.45) is 7.05 Å². The highest BCUT2D eigenvalue weighted by atomic mass is 32.2. The normalized spacial score (nSPS) is 11.5. The monoisotopic (exact) mass is 274 g/mol. The molecule has 0 amide bonds. The minimum absolute atomic E-state index is 0.0409. The first kappa shape index (κ1) is 14.7. The Morgan fingerprint density at radius 3 is 2.67 bits per heavy atom. The van der Waals surface area contributed by atoms with E-state index in [-0.39, 0.29) is 23.7 Å². The molecule has 0 atom stereocenters. The van der Waals surface area contributed by atoms with Gasteiger partial charge in [0, 0.05) is 25.3 Å². The summed E-state index contributed by atoms with van der Waals surface area (Å²) in [6, 6.07) is 1.55. The maximum Gasteiger partial charge on any atom is 0.211 e. The van der Waals surface area contributed by atoms with Crippen molar-refractivity contribution in [3.05, 3.63) is 11.8 Å². The van der Waals surface area contributed by atoms with Crippen LogP contribution in [-0.2, 0) is 16.9 Å². The SMILES string of the molecule is CCS(=O)(=O)CCCC(=O)c1cc(OC)n(C)n1. The Bertz CT molecular complexity index is 519. The van der Waals surface area contributed by atoms with Crippen LogP contribution in [0.15, 0.2) is 6.07 Å². The number of sulfone groups is 1. The molecule has 1 aromatic rings. The average molecular weight is 274 g/mol. The standard InChI is InChI=1S/C11H18N2O4S/c1-4-18(15,16)7-5-6-10(14)9-8-11(17-3)13(2)12-9/h8H,4-7H2,1-3H3. The number of Topliss-reactive ketones (excluding diaryl/α,β-unsaturated/α-hetero) is 1. The van der Waals surface area contributed by atoms with Gasteiger partial charge in [0.2, 0.25) is 5.88 Å². The van der Waals surface area contributed by atoms with Crippen LogP contribution in [0.4, 0.5) is 0 Å². The van der Waals surface area contributed by atoms with Gasteiger partial charge in [0.05, 0.1) is 12.9 Å². The number of hydrogen-bond donors (Lipinski definition) is 0. The van der Waals surface area contributed by atoms with E-state index in [1.165, 1.54) is 11.8 Å². The van der Waals surface area contributed by atoms with Crippen LogP contribution in [0.3, 0.4) is 0 Å². The van der Waals surface area contributed by atoms with Gasteiger partial charge in [0.25, 0.3) is 0 Å².